The fourth-order valence-electron chi connectivity index (χ4n) is 0.941. The number of allylic oxidation sites excluding steroid dienone is 1. The highest BCUT2D eigenvalue weighted by Crippen LogP contribution is 2.02. The first kappa shape index (κ1) is 8.21. The van der Waals surface area contributed by atoms with Crippen molar-refractivity contribution in [3.8, 4) is 6.07 Å². The van der Waals surface area contributed by atoms with Crippen molar-refractivity contribution >= 4 is 0 Å². The molecule has 1 heterocycles. The summed E-state index contributed by atoms with van der Waals surface area (Å²) in [7, 11) is 0. The van der Waals surface area contributed by atoms with Crippen LogP contribution in [-0.4, -0.2) is 25.4 Å². The molecule has 0 radical (unpaired) electrons. The molecule has 4 heteroatoms. The van der Waals surface area contributed by atoms with E-state index < -0.39 is 5.66 Å². The number of nitrogens with two attached hydrogens (primary N) is 1. The van der Waals surface area contributed by atoms with Gasteiger partial charge >= 0.3 is 0 Å². The molecule has 0 amide bonds. The van der Waals surface area contributed by atoms with Gasteiger partial charge in [0.2, 0.25) is 0 Å². The van der Waals surface area contributed by atoms with Gasteiger partial charge in [-0.25, -0.2) is 0 Å². The Labute approximate surface area is 65.6 Å². The number of ether oxygens (including phenoxy) is 1. The van der Waals surface area contributed by atoms with E-state index in [1.165, 1.54) is 6.08 Å². The van der Waals surface area contributed by atoms with Crippen molar-refractivity contribution in [2.75, 3.05) is 19.8 Å². The zero-order valence-electron chi connectivity index (χ0n) is 6.21. The maximum Gasteiger partial charge on any atom is 0.110 e. The normalized spacial score (nSPS) is 32.0. The maximum absolute atomic E-state index is 8.25. The summed E-state index contributed by atoms with van der Waals surface area (Å²) < 4.78 is 5.13. The summed E-state index contributed by atoms with van der Waals surface area (Å²) in [4.78, 5) is 0. The minimum Gasteiger partial charge on any atom is -0.376 e. The first-order chi connectivity index (χ1) is 5.27. The van der Waals surface area contributed by atoms with Gasteiger partial charge in [0, 0.05) is 12.6 Å². The van der Waals surface area contributed by atoms with E-state index in [0.717, 1.165) is 6.54 Å². The lowest BCUT2D eigenvalue weighted by Crippen LogP contribution is -2.59. The third kappa shape index (κ3) is 2.31. The van der Waals surface area contributed by atoms with Crippen LogP contribution in [0.5, 0.6) is 0 Å². The van der Waals surface area contributed by atoms with Gasteiger partial charge < -0.3 is 10.5 Å². The lowest BCUT2D eigenvalue weighted by molar-refractivity contribution is 0.0505. The van der Waals surface area contributed by atoms with Gasteiger partial charge in [-0.1, -0.05) is 0 Å². The van der Waals surface area contributed by atoms with Crippen LogP contribution in [0.25, 0.3) is 0 Å². The van der Waals surface area contributed by atoms with Gasteiger partial charge in [0.15, 0.2) is 0 Å². The topological polar surface area (TPSA) is 71.1 Å². The van der Waals surface area contributed by atoms with Crippen LogP contribution in [0.3, 0.4) is 0 Å². The van der Waals surface area contributed by atoms with E-state index >= 15 is 0 Å². The standard InChI is InChI=1S/C7H11N3O/c8-3-1-2-7(9)6-11-5-4-10-7/h1-2,10H,4-6,9H2. The van der Waals surface area contributed by atoms with Gasteiger partial charge in [0.1, 0.15) is 5.66 Å². The summed E-state index contributed by atoms with van der Waals surface area (Å²) >= 11 is 0. The predicted octanol–water partition coefficient (Wildman–Crippen LogP) is -0.659. The molecule has 0 aromatic rings. The molecule has 0 aliphatic carbocycles. The molecule has 1 atom stereocenters. The highest BCUT2D eigenvalue weighted by atomic mass is 16.5. The molecule has 3 N–H and O–H groups in total. The second-order valence-electron chi connectivity index (χ2n) is 2.48. The van der Waals surface area contributed by atoms with Crippen molar-refractivity contribution in [1.82, 2.24) is 5.32 Å². The molecule has 1 aliphatic rings. The fraction of sp³-hybridized carbons (Fsp3) is 0.571. The second-order valence-corrected chi connectivity index (χ2v) is 2.48. The van der Waals surface area contributed by atoms with Crippen LogP contribution in [0, 0.1) is 11.3 Å². The van der Waals surface area contributed by atoms with Crippen LogP contribution in [-0.2, 0) is 4.74 Å². The number of nitrogens with zero attached hydrogens (tertiary/aromatic N) is 1. The summed E-state index contributed by atoms with van der Waals surface area (Å²) in [6.45, 7) is 1.83. The average Bonchev–Trinajstić information content (AvgIpc) is 2.03. The molecule has 0 saturated carbocycles. The van der Waals surface area contributed by atoms with Crippen LogP contribution < -0.4 is 11.1 Å². The maximum atomic E-state index is 8.25. The second kappa shape index (κ2) is 3.49. The van der Waals surface area contributed by atoms with E-state index in [1.807, 2.05) is 6.07 Å². The largest absolute Gasteiger partial charge is 0.376 e. The number of morpholine rings is 1. The van der Waals surface area contributed by atoms with Gasteiger partial charge in [-0.15, -0.1) is 0 Å². The fourth-order valence-corrected chi connectivity index (χ4v) is 0.941. The summed E-state index contributed by atoms with van der Waals surface area (Å²) in [6.07, 6.45) is 2.98. The Hall–Kier alpha value is -0.890. The smallest absolute Gasteiger partial charge is 0.110 e. The van der Waals surface area contributed by atoms with Gasteiger partial charge in [-0.2, -0.15) is 5.26 Å². The number of nitrogens with one attached hydrogen (secondary N) is 1. The van der Waals surface area contributed by atoms with Gasteiger partial charge in [-0.05, 0) is 6.08 Å². The third-order valence-corrected chi connectivity index (χ3v) is 1.50. The highest BCUT2D eigenvalue weighted by Gasteiger charge is 2.23. The quantitative estimate of drug-likeness (QED) is 0.491. The Morgan fingerprint density at radius 2 is 2.55 bits per heavy atom. The molecule has 0 aromatic carbocycles. The Kier molecular flexibility index (Phi) is 2.60. The van der Waals surface area contributed by atoms with E-state index in [-0.39, 0.29) is 0 Å². The Balaban J connectivity index is 2.51. The van der Waals surface area contributed by atoms with Crippen LogP contribution >= 0.6 is 0 Å². The molecule has 0 spiro atoms. The van der Waals surface area contributed by atoms with Gasteiger partial charge in [0.05, 0.1) is 19.3 Å². The molecular weight excluding hydrogens is 142 g/mol. The summed E-state index contributed by atoms with van der Waals surface area (Å²) in [5.41, 5.74) is 5.13. The molecule has 4 nitrogen and oxygen atoms in total. The molecule has 1 aliphatic heterocycles. The SMILES string of the molecule is N#CC=CC1(N)COCCN1. The lowest BCUT2D eigenvalue weighted by Gasteiger charge is -2.31. The number of rotatable bonds is 1. The van der Waals surface area contributed by atoms with E-state index in [1.54, 1.807) is 6.08 Å². The van der Waals surface area contributed by atoms with E-state index in [0.29, 0.717) is 13.2 Å². The van der Waals surface area contributed by atoms with Crippen LogP contribution in [0.1, 0.15) is 0 Å². The summed E-state index contributed by atoms with van der Waals surface area (Å²) in [5.74, 6) is 0. The molecule has 1 unspecified atom stereocenters. The van der Waals surface area contributed by atoms with Crippen molar-refractivity contribution in [3.05, 3.63) is 12.2 Å². The monoisotopic (exact) mass is 153 g/mol. The predicted molar refractivity (Wildman–Crippen MR) is 40.5 cm³/mol. The van der Waals surface area contributed by atoms with Crippen molar-refractivity contribution in [1.29, 1.82) is 5.26 Å². The van der Waals surface area contributed by atoms with Gasteiger partial charge in [0.25, 0.3) is 0 Å². The third-order valence-electron chi connectivity index (χ3n) is 1.50. The average molecular weight is 153 g/mol. The number of hydrogen-bond donors (Lipinski definition) is 2. The first-order valence-electron chi connectivity index (χ1n) is 3.46. The van der Waals surface area contributed by atoms with Crippen molar-refractivity contribution in [3.63, 3.8) is 0 Å². The molecule has 1 saturated heterocycles. The molecule has 0 bridgehead atoms. The van der Waals surface area contributed by atoms with Crippen LogP contribution in [0.15, 0.2) is 12.2 Å². The zero-order valence-corrected chi connectivity index (χ0v) is 6.21. The lowest BCUT2D eigenvalue weighted by atomic mass is 10.1. The van der Waals surface area contributed by atoms with Crippen molar-refractivity contribution in [2.45, 2.75) is 5.66 Å². The Morgan fingerprint density at radius 3 is 3.09 bits per heavy atom. The number of nitriles is 1. The summed E-state index contributed by atoms with van der Waals surface area (Å²) in [5, 5.41) is 11.3. The minimum atomic E-state index is -0.645. The number of hydrogen-bond acceptors (Lipinski definition) is 4. The minimum absolute atomic E-state index is 0.422. The van der Waals surface area contributed by atoms with Gasteiger partial charge in [-0.3, -0.25) is 5.32 Å². The molecule has 11 heavy (non-hydrogen) atoms. The molecule has 1 rings (SSSR count). The Bertz CT molecular complexity index is 188. The summed E-state index contributed by atoms with van der Waals surface area (Å²) in [6, 6.07) is 1.88. The molecule has 0 aromatic heterocycles. The molecular formula is C7H11N3O. The highest BCUT2D eigenvalue weighted by molar-refractivity contribution is 5.12. The zero-order chi connectivity index (χ0) is 8.16. The Morgan fingerprint density at radius 1 is 1.73 bits per heavy atom. The van der Waals surface area contributed by atoms with E-state index in [2.05, 4.69) is 5.32 Å². The van der Waals surface area contributed by atoms with Crippen molar-refractivity contribution < 1.29 is 4.74 Å². The van der Waals surface area contributed by atoms with Crippen LogP contribution in [0.4, 0.5) is 0 Å². The molecule has 60 valence electrons. The first-order valence-corrected chi connectivity index (χ1v) is 3.46. The van der Waals surface area contributed by atoms with E-state index in [4.69, 9.17) is 15.7 Å². The van der Waals surface area contributed by atoms with E-state index in [9.17, 15) is 0 Å². The van der Waals surface area contributed by atoms with Crippen molar-refractivity contribution in [2.24, 2.45) is 5.73 Å². The van der Waals surface area contributed by atoms with Crippen LogP contribution in [0.2, 0.25) is 0 Å². The molecule has 1 fully saturated rings.